The molecule has 2 heterocycles. The summed E-state index contributed by atoms with van der Waals surface area (Å²) in [6, 6.07) is 10.7. The van der Waals surface area contributed by atoms with Crippen molar-refractivity contribution in [3.05, 3.63) is 51.7 Å². The quantitative estimate of drug-likeness (QED) is 0.196. The van der Waals surface area contributed by atoms with Crippen molar-refractivity contribution < 1.29 is 14.2 Å². The Morgan fingerprint density at radius 1 is 1.17 bits per heavy atom. The average molecular weight is 498 g/mol. The molecule has 0 amide bonds. The Morgan fingerprint density at radius 3 is 2.55 bits per heavy atom. The number of pyridine rings is 1. The van der Waals surface area contributed by atoms with Crippen LogP contribution in [0.5, 0.6) is 11.6 Å². The molecule has 5 nitrogen and oxygen atoms in total. The first kappa shape index (κ1) is 22.1. The summed E-state index contributed by atoms with van der Waals surface area (Å²) < 4.78 is 20.0. The lowest BCUT2D eigenvalue weighted by Crippen LogP contribution is -2.21. The molecule has 0 aliphatic rings. The lowest BCUT2D eigenvalue weighted by Gasteiger charge is -2.16. The van der Waals surface area contributed by atoms with Crippen LogP contribution in [0.1, 0.15) is 5.56 Å². The average Bonchev–Trinajstić information content (AvgIpc) is 2.98. The smallest absolute Gasteiger partial charge is 0.225 e. The molecule has 0 saturated heterocycles. The maximum atomic E-state index is 6.28. The second kappa shape index (κ2) is 9.51. The van der Waals surface area contributed by atoms with Crippen LogP contribution in [0.15, 0.2) is 41.0 Å². The predicted molar refractivity (Wildman–Crippen MR) is 124 cm³/mol. The van der Waals surface area contributed by atoms with Gasteiger partial charge >= 0.3 is 0 Å². The fraction of sp³-hybridized carbons (Fsp3) is 0.381. The number of rotatable bonds is 9. The minimum atomic E-state index is -1.11. The molecule has 1 aromatic carbocycles. The van der Waals surface area contributed by atoms with Crippen LogP contribution in [0.4, 0.5) is 0 Å². The van der Waals surface area contributed by atoms with Crippen molar-refractivity contribution in [2.24, 2.45) is 0 Å². The highest BCUT2D eigenvalue weighted by atomic mass is 79.9. The van der Waals surface area contributed by atoms with E-state index in [1.54, 1.807) is 7.11 Å². The lowest BCUT2D eigenvalue weighted by atomic mass is 10.2. The maximum Gasteiger partial charge on any atom is 0.225 e. The van der Waals surface area contributed by atoms with Crippen LogP contribution in [0.3, 0.4) is 0 Å². The van der Waals surface area contributed by atoms with E-state index in [9.17, 15) is 0 Å². The summed E-state index contributed by atoms with van der Waals surface area (Å²) >= 11 is 9.91. The number of fused-ring (bicyclic) bond motifs is 1. The Morgan fingerprint density at radius 2 is 1.90 bits per heavy atom. The molecule has 0 aliphatic carbocycles. The monoisotopic (exact) mass is 496 g/mol. The lowest BCUT2D eigenvalue weighted by molar-refractivity contribution is 0.0902. The predicted octanol–water partition coefficient (Wildman–Crippen LogP) is 6.35. The van der Waals surface area contributed by atoms with E-state index in [0.29, 0.717) is 24.4 Å². The molecule has 3 aromatic rings. The number of ether oxygens (including phenoxy) is 3. The van der Waals surface area contributed by atoms with E-state index < -0.39 is 8.07 Å². The molecular weight excluding hydrogens is 472 g/mol. The van der Waals surface area contributed by atoms with Gasteiger partial charge in [-0.05, 0) is 39.7 Å². The molecule has 2 aromatic heterocycles. The zero-order chi connectivity index (χ0) is 21.0. The molecule has 0 bridgehead atoms. The second-order valence-electron chi connectivity index (χ2n) is 8.08. The fourth-order valence-electron chi connectivity index (χ4n) is 2.83. The van der Waals surface area contributed by atoms with Crippen LogP contribution in [-0.2, 0) is 18.1 Å². The van der Waals surface area contributed by atoms with Gasteiger partial charge in [0.05, 0.1) is 18.0 Å². The Hall–Kier alpha value is -1.54. The van der Waals surface area contributed by atoms with Crippen LogP contribution in [0, 0.1) is 0 Å². The number of halogens is 2. The van der Waals surface area contributed by atoms with Gasteiger partial charge in [-0.3, -0.25) is 0 Å². The molecule has 0 fully saturated rings. The Balaban J connectivity index is 1.76. The first-order valence-corrected chi connectivity index (χ1v) is 14.3. The van der Waals surface area contributed by atoms with E-state index in [-0.39, 0.29) is 0 Å². The van der Waals surface area contributed by atoms with Gasteiger partial charge < -0.3 is 18.8 Å². The van der Waals surface area contributed by atoms with Gasteiger partial charge in [0, 0.05) is 31.4 Å². The van der Waals surface area contributed by atoms with Crippen LogP contribution in [0.25, 0.3) is 10.9 Å². The van der Waals surface area contributed by atoms with Crippen molar-refractivity contribution in [1.29, 1.82) is 0 Å². The molecule has 156 valence electrons. The number of benzene rings is 1. The van der Waals surface area contributed by atoms with E-state index in [0.717, 1.165) is 39.3 Å². The molecule has 0 atom stereocenters. The third-order valence-electron chi connectivity index (χ3n) is 4.51. The molecule has 3 rings (SSSR count). The highest BCUT2D eigenvalue weighted by Crippen LogP contribution is 2.35. The zero-order valence-corrected chi connectivity index (χ0v) is 20.5. The number of hydrogen-bond donors (Lipinski definition) is 0. The van der Waals surface area contributed by atoms with Crippen molar-refractivity contribution in [3.63, 3.8) is 0 Å². The summed E-state index contributed by atoms with van der Waals surface area (Å²) in [6.45, 7) is 8.63. The van der Waals surface area contributed by atoms with E-state index in [4.69, 9.17) is 25.8 Å². The van der Waals surface area contributed by atoms with E-state index in [2.05, 4.69) is 40.6 Å². The van der Waals surface area contributed by atoms with Crippen molar-refractivity contribution in [1.82, 2.24) is 9.55 Å². The van der Waals surface area contributed by atoms with Crippen LogP contribution in [0.2, 0.25) is 30.8 Å². The number of nitrogens with zero attached hydrogens (tertiary/aromatic N) is 2. The molecular formula is C21H26BrClN2O3Si. The first-order chi connectivity index (χ1) is 13.8. The van der Waals surface area contributed by atoms with Gasteiger partial charge in [0.15, 0.2) is 0 Å². The van der Waals surface area contributed by atoms with Gasteiger partial charge in [-0.25, -0.2) is 4.98 Å². The molecule has 29 heavy (non-hydrogen) atoms. The molecule has 0 radical (unpaired) electrons. The number of methoxy groups -OCH3 is 1. The van der Waals surface area contributed by atoms with E-state index >= 15 is 0 Å². The summed E-state index contributed by atoms with van der Waals surface area (Å²) in [7, 11) is 0.535. The van der Waals surface area contributed by atoms with Gasteiger partial charge in [-0.2, -0.15) is 0 Å². The minimum Gasteiger partial charge on any atom is -0.497 e. The fourth-order valence-corrected chi connectivity index (χ4v) is 4.38. The van der Waals surface area contributed by atoms with Gasteiger partial charge in [0.2, 0.25) is 5.88 Å². The molecule has 0 N–H and O–H groups in total. The van der Waals surface area contributed by atoms with Crippen molar-refractivity contribution >= 4 is 46.5 Å². The molecule has 0 spiro atoms. The Kier molecular flexibility index (Phi) is 7.26. The molecule has 8 heteroatoms. The molecule has 0 aliphatic heterocycles. The summed E-state index contributed by atoms with van der Waals surface area (Å²) in [5.74, 6) is 1.31. The summed E-state index contributed by atoms with van der Waals surface area (Å²) in [5, 5.41) is 1.27. The number of aromatic nitrogens is 2. The SMILES string of the molecule is COc1ccc(COc2nc(Cl)cc3c2c(Br)cn3COCC[Si](C)(C)C)cc1. The largest absolute Gasteiger partial charge is 0.497 e. The van der Waals surface area contributed by atoms with Gasteiger partial charge in [0.1, 0.15) is 24.2 Å². The maximum absolute atomic E-state index is 6.28. The Bertz CT molecular complexity index is 971. The van der Waals surface area contributed by atoms with Crippen molar-refractivity contribution in [2.45, 2.75) is 39.0 Å². The van der Waals surface area contributed by atoms with E-state index in [1.807, 2.05) is 41.1 Å². The van der Waals surface area contributed by atoms with Crippen LogP contribution in [-0.4, -0.2) is 31.3 Å². The summed E-state index contributed by atoms with van der Waals surface area (Å²) in [5.41, 5.74) is 1.94. The normalized spacial score (nSPS) is 11.8. The van der Waals surface area contributed by atoms with Crippen molar-refractivity contribution in [2.75, 3.05) is 13.7 Å². The summed E-state index contributed by atoms with van der Waals surface area (Å²) in [4.78, 5) is 4.39. The Labute approximate surface area is 186 Å². The highest BCUT2D eigenvalue weighted by molar-refractivity contribution is 9.10. The minimum absolute atomic E-state index is 0.385. The molecule has 0 saturated carbocycles. The highest BCUT2D eigenvalue weighted by Gasteiger charge is 2.16. The topological polar surface area (TPSA) is 45.5 Å². The standard InChI is InChI=1S/C21H26BrClN2O3Si/c1-26-16-7-5-15(6-8-16)13-28-21-20-17(22)12-25(18(20)11-19(23)24-21)14-27-9-10-29(2,3)4/h5-8,11-12H,9-10,13-14H2,1-4H3. The van der Waals surface area contributed by atoms with Gasteiger partial charge in [-0.15, -0.1) is 0 Å². The van der Waals surface area contributed by atoms with Crippen molar-refractivity contribution in [3.8, 4) is 11.6 Å². The van der Waals surface area contributed by atoms with E-state index in [1.165, 1.54) is 0 Å². The summed E-state index contributed by atoms with van der Waals surface area (Å²) in [6.07, 6.45) is 1.98. The van der Waals surface area contributed by atoms with Crippen LogP contribution < -0.4 is 9.47 Å². The first-order valence-electron chi connectivity index (χ1n) is 9.45. The van der Waals surface area contributed by atoms with Gasteiger partial charge in [0.25, 0.3) is 0 Å². The second-order valence-corrected chi connectivity index (χ2v) is 14.9. The molecule has 0 unspecified atom stereocenters. The third-order valence-corrected chi connectivity index (χ3v) is 7.01. The zero-order valence-electron chi connectivity index (χ0n) is 17.2. The van der Waals surface area contributed by atoms with Gasteiger partial charge in [-0.1, -0.05) is 43.4 Å². The third kappa shape index (κ3) is 5.98. The number of hydrogen-bond acceptors (Lipinski definition) is 4. The van der Waals surface area contributed by atoms with Crippen LogP contribution >= 0.6 is 27.5 Å².